The van der Waals surface area contributed by atoms with Crippen LogP contribution < -0.4 is 10.6 Å². The van der Waals surface area contributed by atoms with Crippen molar-refractivity contribution in [3.8, 4) is 0 Å². The third-order valence-corrected chi connectivity index (χ3v) is 3.56. The molecular formula is C12H18N4. The Morgan fingerprint density at radius 3 is 2.94 bits per heavy atom. The monoisotopic (exact) mass is 218 g/mol. The van der Waals surface area contributed by atoms with E-state index in [2.05, 4.69) is 14.9 Å². The Hall–Kier alpha value is -1.16. The van der Waals surface area contributed by atoms with E-state index < -0.39 is 0 Å². The van der Waals surface area contributed by atoms with Crippen molar-refractivity contribution in [3.05, 3.63) is 17.5 Å². The molecule has 0 radical (unpaired) electrons. The van der Waals surface area contributed by atoms with Crippen molar-refractivity contribution < 1.29 is 0 Å². The summed E-state index contributed by atoms with van der Waals surface area (Å²) in [5, 5.41) is 0. The Bertz CT molecular complexity index is 385. The van der Waals surface area contributed by atoms with Crippen LogP contribution in [0, 0.1) is 0 Å². The molecule has 1 fully saturated rings. The van der Waals surface area contributed by atoms with E-state index in [1.807, 2.05) is 6.20 Å². The molecule has 0 bridgehead atoms. The van der Waals surface area contributed by atoms with Crippen LogP contribution in [0.15, 0.2) is 6.20 Å². The van der Waals surface area contributed by atoms with Crippen LogP contribution in [0.25, 0.3) is 0 Å². The van der Waals surface area contributed by atoms with Gasteiger partial charge in [0.15, 0.2) is 0 Å². The smallest absolute Gasteiger partial charge is 0.225 e. The third-order valence-electron chi connectivity index (χ3n) is 3.56. The standard InChI is InChI=1S/C12H18N4/c13-10-3-4-11-9(7-10)8-14-12(15-11)16-5-1-2-6-16/h8,10H,1-7,13H2/t10-/m0/s1. The van der Waals surface area contributed by atoms with Gasteiger partial charge < -0.3 is 10.6 Å². The van der Waals surface area contributed by atoms with Gasteiger partial charge in [-0.15, -0.1) is 0 Å². The molecule has 4 nitrogen and oxygen atoms in total. The van der Waals surface area contributed by atoms with Gasteiger partial charge in [-0.2, -0.15) is 0 Å². The summed E-state index contributed by atoms with van der Waals surface area (Å²) in [6.07, 6.45) is 7.53. The van der Waals surface area contributed by atoms with Gasteiger partial charge in [-0.1, -0.05) is 0 Å². The Morgan fingerprint density at radius 1 is 1.31 bits per heavy atom. The molecule has 1 aromatic heterocycles. The number of nitrogens with zero attached hydrogens (tertiary/aromatic N) is 3. The second-order valence-electron chi connectivity index (χ2n) is 4.84. The summed E-state index contributed by atoms with van der Waals surface area (Å²) in [6, 6.07) is 0.300. The van der Waals surface area contributed by atoms with E-state index in [1.54, 1.807) is 0 Å². The number of rotatable bonds is 1. The van der Waals surface area contributed by atoms with Gasteiger partial charge in [-0.25, -0.2) is 9.97 Å². The molecule has 16 heavy (non-hydrogen) atoms. The molecule has 0 aromatic carbocycles. The molecular weight excluding hydrogens is 200 g/mol. The molecule has 2 heterocycles. The Kier molecular flexibility index (Phi) is 2.52. The first-order chi connectivity index (χ1) is 7.83. The summed E-state index contributed by atoms with van der Waals surface area (Å²) in [5.74, 6) is 0.923. The molecule has 1 aliphatic carbocycles. The first-order valence-electron chi connectivity index (χ1n) is 6.18. The predicted molar refractivity (Wildman–Crippen MR) is 63.5 cm³/mol. The Morgan fingerprint density at radius 2 is 2.12 bits per heavy atom. The van der Waals surface area contributed by atoms with Crippen molar-refractivity contribution in [2.24, 2.45) is 5.73 Å². The van der Waals surface area contributed by atoms with Gasteiger partial charge in [0.1, 0.15) is 0 Å². The van der Waals surface area contributed by atoms with Crippen molar-refractivity contribution in [1.29, 1.82) is 0 Å². The fourth-order valence-corrected chi connectivity index (χ4v) is 2.59. The summed E-state index contributed by atoms with van der Waals surface area (Å²) in [4.78, 5) is 11.4. The molecule has 1 atom stereocenters. The van der Waals surface area contributed by atoms with Gasteiger partial charge in [-0.3, -0.25) is 0 Å². The summed E-state index contributed by atoms with van der Waals surface area (Å²) >= 11 is 0. The summed E-state index contributed by atoms with van der Waals surface area (Å²) in [5.41, 5.74) is 8.42. The molecule has 3 rings (SSSR count). The lowest BCUT2D eigenvalue weighted by Gasteiger charge is -2.22. The fraction of sp³-hybridized carbons (Fsp3) is 0.667. The fourth-order valence-electron chi connectivity index (χ4n) is 2.59. The van der Waals surface area contributed by atoms with Gasteiger partial charge in [0, 0.05) is 31.0 Å². The van der Waals surface area contributed by atoms with Crippen LogP contribution in [0.5, 0.6) is 0 Å². The van der Waals surface area contributed by atoms with Crippen molar-refractivity contribution in [2.45, 2.75) is 38.1 Å². The molecule has 0 spiro atoms. The zero-order valence-electron chi connectivity index (χ0n) is 9.52. The van der Waals surface area contributed by atoms with Crippen LogP contribution in [0.1, 0.15) is 30.5 Å². The van der Waals surface area contributed by atoms with Gasteiger partial charge in [0.2, 0.25) is 5.95 Å². The molecule has 86 valence electrons. The normalized spacial score (nSPS) is 24.6. The van der Waals surface area contributed by atoms with Crippen molar-refractivity contribution in [1.82, 2.24) is 9.97 Å². The minimum absolute atomic E-state index is 0.300. The van der Waals surface area contributed by atoms with E-state index in [0.717, 1.165) is 38.3 Å². The quantitative estimate of drug-likeness (QED) is 0.760. The van der Waals surface area contributed by atoms with Gasteiger partial charge in [0.05, 0.1) is 0 Å². The molecule has 1 saturated heterocycles. The second-order valence-corrected chi connectivity index (χ2v) is 4.84. The summed E-state index contributed by atoms with van der Waals surface area (Å²) in [7, 11) is 0. The first-order valence-corrected chi connectivity index (χ1v) is 6.18. The first kappa shape index (κ1) is 10.0. The van der Waals surface area contributed by atoms with Crippen molar-refractivity contribution >= 4 is 5.95 Å². The second kappa shape index (κ2) is 4.01. The number of aromatic nitrogens is 2. The average Bonchev–Trinajstić information content (AvgIpc) is 2.82. The number of hydrogen-bond donors (Lipinski definition) is 1. The van der Waals surface area contributed by atoms with Gasteiger partial charge in [-0.05, 0) is 37.7 Å². The topological polar surface area (TPSA) is 55.0 Å². The van der Waals surface area contributed by atoms with E-state index in [1.165, 1.54) is 24.1 Å². The minimum atomic E-state index is 0.300. The highest BCUT2D eigenvalue weighted by molar-refractivity contribution is 5.35. The molecule has 0 unspecified atom stereocenters. The Balaban J connectivity index is 1.87. The van der Waals surface area contributed by atoms with Crippen LogP contribution in [0.3, 0.4) is 0 Å². The van der Waals surface area contributed by atoms with E-state index in [0.29, 0.717) is 6.04 Å². The van der Waals surface area contributed by atoms with Crippen molar-refractivity contribution in [3.63, 3.8) is 0 Å². The molecule has 0 amide bonds. The predicted octanol–water partition coefficient (Wildman–Crippen LogP) is 0.893. The maximum Gasteiger partial charge on any atom is 0.225 e. The zero-order valence-corrected chi connectivity index (χ0v) is 9.52. The lowest BCUT2D eigenvalue weighted by molar-refractivity contribution is 0.563. The maximum absolute atomic E-state index is 5.94. The van der Waals surface area contributed by atoms with Crippen molar-refractivity contribution in [2.75, 3.05) is 18.0 Å². The highest BCUT2D eigenvalue weighted by Gasteiger charge is 2.20. The Labute approximate surface area is 95.9 Å². The van der Waals surface area contributed by atoms with E-state index >= 15 is 0 Å². The molecule has 1 aromatic rings. The number of fused-ring (bicyclic) bond motifs is 1. The van der Waals surface area contributed by atoms with Crippen LogP contribution in [0.4, 0.5) is 5.95 Å². The lowest BCUT2D eigenvalue weighted by Crippen LogP contribution is -2.29. The third kappa shape index (κ3) is 1.78. The molecule has 2 aliphatic rings. The number of hydrogen-bond acceptors (Lipinski definition) is 4. The van der Waals surface area contributed by atoms with Gasteiger partial charge >= 0.3 is 0 Å². The number of anilines is 1. The van der Waals surface area contributed by atoms with Crippen LogP contribution in [-0.4, -0.2) is 29.1 Å². The minimum Gasteiger partial charge on any atom is -0.341 e. The van der Waals surface area contributed by atoms with Gasteiger partial charge in [0.25, 0.3) is 0 Å². The van der Waals surface area contributed by atoms with Crippen LogP contribution in [0.2, 0.25) is 0 Å². The zero-order chi connectivity index (χ0) is 11.0. The summed E-state index contributed by atoms with van der Waals surface area (Å²) in [6.45, 7) is 2.22. The number of nitrogens with two attached hydrogens (primary N) is 1. The SMILES string of the molecule is N[C@H]1CCc2nc(N3CCCC3)ncc2C1. The molecule has 4 heteroatoms. The van der Waals surface area contributed by atoms with E-state index in [9.17, 15) is 0 Å². The van der Waals surface area contributed by atoms with E-state index in [4.69, 9.17) is 5.73 Å². The lowest BCUT2D eigenvalue weighted by atomic mass is 9.94. The van der Waals surface area contributed by atoms with Crippen LogP contribution in [-0.2, 0) is 12.8 Å². The molecule has 2 N–H and O–H groups in total. The maximum atomic E-state index is 5.94. The van der Waals surface area contributed by atoms with E-state index in [-0.39, 0.29) is 0 Å². The highest BCUT2D eigenvalue weighted by Crippen LogP contribution is 2.22. The summed E-state index contributed by atoms with van der Waals surface area (Å²) < 4.78 is 0. The highest BCUT2D eigenvalue weighted by atomic mass is 15.3. The average molecular weight is 218 g/mol. The molecule has 0 saturated carbocycles. The number of aryl methyl sites for hydroxylation is 1. The molecule has 1 aliphatic heterocycles. The van der Waals surface area contributed by atoms with Crippen LogP contribution >= 0.6 is 0 Å². The largest absolute Gasteiger partial charge is 0.341 e.